The van der Waals surface area contributed by atoms with Gasteiger partial charge in [0.05, 0.1) is 22.9 Å². The molecule has 1 amide bonds. The van der Waals surface area contributed by atoms with Gasteiger partial charge in [-0.3, -0.25) is 19.7 Å². The summed E-state index contributed by atoms with van der Waals surface area (Å²) in [4.78, 5) is 33.4. The van der Waals surface area contributed by atoms with Crippen LogP contribution in [-0.4, -0.2) is 21.9 Å². The van der Waals surface area contributed by atoms with Gasteiger partial charge in [-0.05, 0) is 17.7 Å². The number of aliphatic carboxylic acids is 1. The quantitative estimate of drug-likeness (QED) is 0.624. The fourth-order valence-corrected chi connectivity index (χ4v) is 2.16. The number of nitrogens with one attached hydrogen (secondary N) is 1. The fraction of sp³-hybridized carbons (Fsp3) is 0.125. The zero-order valence-electron chi connectivity index (χ0n) is 12.3. The summed E-state index contributed by atoms with van der Waals surface area (Å²) >= 11 is 0. The molecule has 0 spiro atoms. The molecule has 124 valence electrons. The van der Waals surface area contributed by atoms with Crippen molar-refractivity contribution in [1.29, 1.82) is 0 Å². The van der Waals surface area contributed by atoms with Gasteiger partial charge in [0.1, 0.15) is 5.82 Å². The van der Waals surface area contributed by atoms with Crippen molar-refractivity contribution in [3.63, 3.8) is 0 Å². The van der Waals surface area contributed by atoms with Crippen molar-refractivity contribution < 1.29 is 24.0 Å². The number of nitrogens with zero attached hydrogens (tertiary/aromatic N) is 1. The lowest BCUT2D eigenvalue weighted by atomic mass is 10.0. The molecule has 0 aliphatic rings. The van der Waals surface area contributed by atoms with Crippen LogP contribution in [0.15, 0.2) is 48.5 Å². The molecule has 0 unspecified atom stereocenters. The summed E-state index contributed by atoms with van der Waals surface area (Å²) in [5, 5.41) is 22.2. The number of amides is 1. The van der Waals surface area contributed by atoms with E-state index in [4.69, 9.17) is 5.11 Å². The molecule has 0 saturated carbocycles. The standard InChI is InChI=1S/C16H13FN2O5/c17-13-7-2-1-6-12(13)16(22)18-14(9-15(20)21)10-4-3-5-11(8-10)19(23)24/h1-8,14H,9H2,(H,18,22)(H,20,21)/t14-/m0/s1. The number of benzene rings is 2. The molecule has 0 aliphatic carbocycles. The van der Waals surface area contributed by atoms with Gasteiger partial charge >= 0.3 is 5.97 Å². The molecule has 0 fully saturated rings. The van der Waals surface area contributed by atoms with Crippen LogP contribution in [0.4, 0.5) is 10.1 Å². The van der Waals surface area contributed by atoms with E-state index < -0.39 is 35.1 Å². The number of carbonyl (C=O) groups excluding carboxylic acids is 1. The maximum absolute atomic E-state index is 13.7. The maximum Gasteiger partial charge on any atom is 0.305 e. The Hall–Kier alpha value is -3.29. The molecule has 0 radical (unpaired) electrons. The van der Waals surface area contributed by atoms with E-state index in [1.54, 1.807) is 0 Å². The second kappa shape index (κ2) is 7.32. The van der Waals surface area contributed by atoms with Crippen LogP contribution in [0, 0.1) is 15.9 Å². The minimum Gasteiger partial charge on any atom is -0.481 e. The number of carboxylic acid groups (broad SMARTS) is 1. The smallest absolute Gasteiger partial charge is 0.305 e. The molecular weight excluding hydrogens is 319 g/mol. The highest BCUT2D eigenvalue weighted by Crippen LogP contribution is 2.22. The van der Waals surface area contributed by atoms with Gasteiger partial charge in [0.15, 0.2) is 0 Å². The number of carbonyl (C=O) groups is 2. The Balaban J connectivity index is 2.30. The molecule has 0 bridgehead atoms. The van der Waals surface area contributed by atoms with E-state index in [-0.39, 0.29) is 16.8 Å². The summed E-state index contributed by atoms with van der Waals surface area (Å²) in [6.45, 7) is 0. The number of hydrogen-bond donors (Lipinski definition) is 2. The van der Waals surface area contributed by atoms with Crippen molar-refractivity contribution in [2.24, 2.45) is 0 Å². The third-order valence-electron chi connectivity index (χ3n) is 3.29. The van der Waals surface area contributed by atoms with Crippen LogP contribution in [-0.2, 0) is 4.79 Å². The molecule has 24 heavy (non-hydrogen) atoms. The summed E-state index contributed by atoms with van der Waals surface area (Å²) in [5.41, 5.74) is -0.224. The first-order valence-corrected chi connectivity index (χ1v) is 6.90. The molecule has 2 rings (SSSR count). The number of nitro groups is 1. The van der Waals surface area contributed by atoms with Gasteiger partial charge in [0.2, 0.25) is 0 Å². The molecule has 7 nitrogen and oxygen atoms in total. The number of hydrogen-bond acceptors (Lipinski definition) is 4. The Labute approximate surface area is 135 Å². The zero-order valence-corrected chi connectivity index (χ0v) is 12.3. The lowest BCUT2D eigenvalue weighted by molar-refractivity contribution is -0.384. The molecule has 2 aromatic rings. The summed E-state index contributed by atoms with van der Waals surface area (Å²) in [6, 6.07) is 9.49. The Morgan fingerprint density at radius 1 is 1.21 bits per heavy atom. The van der Waals surface area contributed by atoms with Crippen molar-refractivity contribution in [1.82, 2.24) is 5.32 Å². The van der Waals surface area contributed by atoms with Gasteiger partial charge in [-0.2, -0.15) is 0 Å². The molecule has 8 heteroatoms. The topological polar surface area (TPSA) is 110 Å². The van der Waals surface area contributed by atoms with E-state index in [2.05, 4.69) is 5.32 Å². The van der Waals surface area contributed by atoms with E-state index in [1.165, 1.54) is 42.5 Å². The van der Waals surface area contributed by atoms with E-state index >= 15 is 0 Å². The van der Waals surface area contributed by atoms with Crippen LogP contribution < -0.4 is 5.32 Å². The third-order valence-corrected chi connectivity index (χ3v) is 3.29. The minimum atomic E-state index is -1.21. The molecule has 2 aromatic carbocycles. The first-order chi connectivity index (χ1) is 11.4. The highest BCUT2D eigenvalue weighted by atomic mass is 19.1. The predicted molar refractivity (Wildman–Crippen MR) is 82.0 cm³/mol. The van der Waals surface area contributed by atoms with Crippen molar-refractivity contribution in [3.05, 3.63) is 75.6 Å². The first-order valence-electron chi connectivity index (χ1n) is 6.90. The van der Waals surface area contributed by atoms with Gasteiger partial charge in [0, 0.05) is 12.1 Å². The summed E-state index contributed by atoms with van der Waals surface area (Å²) in [6.07, 6.45) is -0.499. The number of non-ortho nitro benzene ring substituents is 1. The first kappa shape index (κ1) is 17.1. The SMILES string of the molecule is O=C(O)C[C@H](NC(=O)c1ccccc1F)c1cccc([N+](=O)[O-])c1. The van der Waals surface area contributed by atoms with E-state index in [0.29, 0.717) is 0 Å². The van der Waals surface area contributed by atoms with Gasteiger partial charge in [-0.15, -0.1) is 0 Å². The molecule has 1 atom stereocenters. The Morgan fingerprint density at radius 3 is 2.54 bits per heavy atom. The Morgan fingerprint density at radius 2 is 1.92 bits per heavy atom. The van der Waals surface area contributed by atoms with Crippen LogP contribution in [0.2, 0.25) is 0 Å². The monoisotopic (exact) mass is 332 g/mol. The van der Waals surface area contributed by atoms with Crippen LogP contribution >= 0.6 is 0 Å². The zero-order chi connectivity index (χ0) is 17.7. The number of rotatable bonds is 6. The lowest BCUT2D eigenvalue weighted by Crippen LogP contribution is -2.30. The van der Waals surface area contributed by atoms with E-state index in [9.17, 15) is 24.1 Å². The Bertz CT molecular complexity index is 794. The summed E-state index contributed by atoms with van der Waals surface area (Å²) in [5.74, 6) is -2.76. The third kappa shape index (κ3) is 4.13. The van der Waals surface area contributed by atoms with Gasteiger partial charge in [-0.1, -0.05) is 24.3 Å². The van der Waals surface area contributed by atoms with Gasteiger partial charge < -0.3 is 10.4 Å². The molecule has 2 N–H and O–H groups in total. The van der Waals surface area contributed by atoms with E-state index in [0.717, 1.165) is 6.07 Å². The number of nitro benzene ring substituents is 1. The van der Waals surface area contributed by atoms with Crippen molar-refractivity contribution in [3.8, 4) is 0 Å². The molecule has 0 aliphatic heterocycles. The van der Waals surface area contributed by atoms with Crippen LogP contribution in [0.25, 0.3) is 0 Å². The predicted octanol–water partition coefficient (Wildman–Crippen LogP) is 2.68. The van der Waals surface area contributed by atoms with E-state index in [1.807, 2.05) is 0 Å². The van der Waals surface area contributed by atoms with Crippen LogP contribution in [0.1, 0.15) is 28.4 Å². The lowest BCUT2D eigenvalue weighted by Gasteiger charge is -2.17. The average molecular weight is 332 g/mol. The van der Waals surface area contributed by atoms with Gasteiger partial charge in [0.25, 0.3) is 11.6 Å². The van der Waals surface area contributed by atoms with Crippen LogP contribution in [0.3, 0.4) is 0 Å². The second-order valence-electron chi connectivity index (χ2n) is 4.96. The van der Waals surface area contributed by atoms with Crippen LogP contribution in [0.5, 0.6) is 0 Å². The van der Waals surface area contributed by atoms with Crippen molar-refractivity contribution in [2.45, 2.75) is 12.5 Å². The highest BCUT2D eigenvalue weighted by molar-refractivity contribution is 5.95. The second-order valence-corrected chi connectivity index (χ2v) is 4.96. The number of carboxylic acids is 1. The summed E-state index contributed by atoms with van der Waals surface area (Å²) < 4.78 is 13.7. The Kier molecular flexibility index (Phi) is 5.20. The average Bonchev–Trinajstić information content (AvgIpc) is 2.54. The largest absolute Gasteiger partial charge is 0.481 e. The number of halogens is 1. The van der Waals surface area contributed by atoms with Gasteiger partial charge in [-0.25, -0.2) is 4.39 Å². The molecule has 0 heterocycles. The molecule has 0 saturated heterocycles. The normalized spacial score (nSPS) is 11.5. The molecule has 0 aromatic heterocycles. The molecular formula is C16H13FN2O5. The minimum absolute atomic E-state index is 0.233. The maximum atomic E-state index is 13.7. The van der Waals surface area contributed by atoms with Crippen molar-refractivity contribution in [2.75, 3.05) is 0 Å². The highest BCUT2D eigenvalue weighted by Gasteiger charge is 2.22. The van der Waals surface area contributed by atoms with Crippen molar-refractivity contribution >= 4 is 17.6 Å². The fourth-order valence-electron chi connectivity index (χ4n) is 2.16. The summed E-state index contributed by atoms with van der Waals surface area (Å²) in [7, 11) is 0.